The zero-order valence-electron chi connectivity index (χ0n) is 8.71. The maximum atomic E-state index is 9.32. The summed E-state index contributed by atoms with van der Waals surface area (Å²) in [6, 6.07) is 1.65. The molecule has 1 rings (SSSR count). The second kappa shape index (κ2) is 4.18. The first kappa shape index (κ1) is 11.3. The molecule has 0 fully saturated rings. The predicted molar refractivity (Wildman–Crippen MR) is 58.4 cm³/mol. The van der Waals surface area contributed by atoms with Gasteiger partial charge in [-0.05, 0) is 29.9 Å². The summed E-state index contributed by atoms with van der Waals surface area (Å²) in [5, 5.41) is 9.48. The lowest BCUT2D eigenvalue weighted by Crippen LogP contribution is -2.07. The van der Waals surface area contributed by atoms with Crippen molar-refractivity contribution in [2.24, 2.45) is 5.41 Å². The van der Waals surface area contributed by atoms with E-state index in [2.05, 4.69) is 32.2 Å². The molecule has 0 aliphatic carbocycles. The van der Waals surface area contributed by atoms with E-state index in [0.717, 1.165) is 12.0 Å². The Hall–Kier alpha value is -0.760. The fourth-order valence-electron chi connectivity index (χ4n) is 1.01. The molecule has 1 aromatic heterocycles. The van der Waals surface area contributed by atoms with Crippen molar-refractivity contribution in [1.82, 2.24) is 4.98 Å². The van der Waals surface area contributed by atoms with Crippen LogP contribution < -0.4 is 0 Å². The summed E-state index contributed by atoms with van der Waals surface area (Å²) in [7, 11) is 0. The Morgan fingerprint density at radius 3 is 2.64 bits per heavy atom. The van der Waals surface area contributed by atoms with Crippen molar-refractivity contribution >= 4 is 11.6 Å². The van der Waals surface area contributed by atoms with Crippen molar-refractivity contribution in [1.29, 1.82) is 0 Å². The van der Waals surface area contributed by atoms with Gasteiger partial charge >= 0.3 is 0 Å². The molecule has 3 heteroatoms. The van der Waals surface area contributed by atoms with Crippen LogP contribution in [-0.2, 0) is 6.42 Å². The third-order valence-corrected chi connectivity index (χ3v) is 2.12. The van der Waals surface area contributed by atoms with Gasteiger partial charge in [0.15, 0.2) is 10.9 Å². The van der Waals surface area contributed by atoms with Crippen LogP contribution in [0.25, 0.3) is 0 Å². The summed E-state index contributed by atoms with van der Waals surface area (Å²) in [5.41, 5.74) is 1.15. The van der Waals surface area contributed by atoms with E-state index < -0.39 is 0 Å². The van der Waals surface area contributed by atoms with Gasteiger partial charge < -0.3 is 5.11 Å². The van der Waals surface area contributed by atoms with Gasteiger partial charge in [0, 0.05) is 6.20 Å². The Morgan fingerprint density at radius 2 is 2.14 bits per heavy atom. The van der Waals surface area contributed by atoms with Gasteiger partial charge in [-0.25, -0.2) is 4.98 Å². The van der Waals surface area contributed by atoms with E-state index in [4.69, 9.17) is 11.6 Å². The molecule has 1 heterocycles. The van der Waals surface area contributed by atoms with Crippen LogP contribution in [0.5, 0.6) is 5.75 Å². The topological polar surface area (TPSA) is 33.1 Å². The highest BCUT2D eigenvalue weighted by Crippen LogP contribution is 2.24. The minimum absolute atomic E-state index is 0.0477. The van der Waals surface area contributed by atoms with E-state index in [-0.39, 0.29) is 16.3 Å². The summed E-state index contributed by atoms with van der Waals surface area (Å²) < 4.78 is 0. The van der Waals surface area contributed by atoms with Crippen molar-refractivity contribution in [2.45, 2.75) is 27.2 Å². The van der Waals surface area contributed by atoms with E-state index in [1.807, 2.05) is 0 Å². The standard InChI is InChI=1S/C11H15ClNO/c1-11(2,3)5-4-8-6-9(14)10(12)13-7-8/h5-7,14H,4H2,1-3H3. The van der Waals surface area contributed by atoms with E-state index in [0.29, 0.717) is 0 Å². The van der Waals surface area contributed by atoms with E-state index in [1.165, 1.54) is 0 Å². The molecule has 0 aromatic carbocycles. The molecular formula is C11H15ClNO. The monoisotopic (exact) mass is 212 g/mol. The molecule has 14 heavy (non-hydrogen) atoms. The smallest absolute Gasteiger partial charge is 0.170 e. The second-order valence-electron chi connectivity index (χ2n) is 4.43. The molecule has 0 aliphatic heterocycles. The van der Waals surface area contributed by atoms with Gasteiger partial charge in [0.1, 0.15) is 0 Å². The van der Waals surface area contributed by atoms with Gasteiger partial charge in [0.05, 0.1) is 0 Å². The molecule has 0 bridgehead atoms. The predicted octanol–water partition coefficient (Wildman–Crippen LogP) is 3.23. The fourth-order valence-corrected chi connectivity index (χ4v) is 1.12. The molecule has 1 N–H and O–H groups in total. The van der Waals surface area contributed by atoms with Gasteiger partial charge in [-0.15, -0.1) is 0 Å². The van der Waals surface area contributed by atoms with Gasteiger partial charge in [-0.3, -0.25) is 0 Å². The van der Waals surface area contributed by atoms with E-state index in [1.54, 1.807) is 12.3 Å². The van der Waals surface area contributed by atoms with E-state index in [9.17, 15) is 5.11 Å². The zero-order chi connectivity index (χ0) is 10.8. The maximum absolute atomic E-state index is 9.32. The van der Waals surface area contributed by atoms with Crippen LogP contribution in [0.2, 0.25) is 5.15 Å². The highest BCUT2D eigenvalue weighted by molar-refractivity contribution is 6.30. The number of hydrogen-bond donors (Lipinski definition) is 1. The normalized spacial score (nSPS) is 11.7. The summed E-state index contributed by atoms with van der Waals surface area (Å²) in [5.74, 6) is 0.0477. The lowest BCUT2D eigenvalue weighted by molar-refractivity contribution is 0.468. The number of aromatic nitrogens is 1. The first-order valence-electron chi connectivity index (χ1n) is 4.56. The lowest BCUT2D eigenvalue weighted by Gasteiger charge is -2.17. The number of nitrogens with zero attached hydrogens (tertiary/aromatic N) is 1. The van der Waals surface area contributed by atoms with Crippen molar-refractivity contribution < 1.29 is 5.11 Å². The third kappa shape index (κ3) is 3.54. The second-order valence-corrected chi connectivity index (χ2v) is 4.79. The number of pyridine rings is 1. The summed E-state index contributed by atoms with van der Waals surface area (Å²) in [6.07, 6.45) is 4.66. The van der Waals surface area contributed by atoms with E-state index >= 15 is 0 Å². The number of rotatable bonds is 2. The summed E-state index contributed by atoms with van der Waals surface area (Å²) in [4.78, 5) is 3.87. The number of aromatic hydroxyl groups is 1. The quantitative estimate of drug-likeness (QED) is 0.764. The Morgan fingerprint density at radius 1 is 1.50 bits per heavy atom. The highest BCUT2D eigenvalue weighted by Gasteiger charge is 2.11. The third-order valence-electron chi connectivity index (χ3n) is 1.83. The van der Waals surface area contributed by atoms with Gasteiger partial charge in [-0.1, -0.05) is 32.4 Å². The van der Waals surface area contributed by atoms with Crippen molar-refractivity contribution in [3.63, 3.8) is 0 Å². The van der Waals surface area contributed by atoms with Crippen LogP contribution in [0, 0.1) is 11.8 Å². The average Bonchev–Trinajstić information content (AvgIpc) is 2.06. The van der Waals surface area contributed by atoms with Crippen LogP contribution in [0.3, 0.4) is 0 Å². The molecule has 0 unspecified atom stereocenters. The molecule has 0 saturated carbocycles. The summed E-state index contributed by atoms with van der Waals surface area (Å²) in [6.45, 7) is 6.41. The van der Waals surface area contributed by atoms with Crippen LogP contribution in [0.15, 0.2) is 12.3 Å². The van der Waals surface area contributed by atoms with Crippen LogP contribution in [0.1, 0.15) is 26.3 Å². The highest BCUT2D eigenvalue weighted by atomic mass is 35.5. The minimum atomic E-state index is 0.0477. The Bertz CT molecular complexity index is 318. The molecule has 1 aromatic rings. The largest absolute Gasteiger partial charge is 0.505 e. The molecule has 1 radical (unpaired) electrons. The molecule has 0 atom stereocenters. The van der Waals surface area contributed by atoms with Crippen LogP contribution in [-0.4, -0.2) is 10.1 Å². The zero-order valence-corrected chi connectivity index (χ0v) is 9.47. The first-order valence-corrected chi connectivity index (χ1v) is 4.94. The minimum Gasteiger partial charge on any atom is -0.505 e. The molecular weight excluding hydrogens is 198 g/mol. The van der Waals surface area contributed by atoms with Crippen molar-refractivity contribution in [3.05, 3.63) is 29.4 Å². The average molecular weight is 213 g/mol. The Kier molecular flexibility index (Phi) is 3.38. The molecule has 2 nitrogen and oxygen atoms in total. The van der Waals surface area contributed by atoms with Gasteiger partial charge in [0.25, 0.3) is 0 Å². The van der Waals surface area contributed by atoms with Crippen molar-refractivity contribution in [3.8, 4) is 5.75 Å². The van der Waals surface area contributed by atoms with Gasteiger partial charge in [0.2, 0.25) is 0 Å². The van der Waals surface area contributed by atoms with Crippen LogP contribution in [0.4, 0.5) is 0 Å². The molecule has 0 amide bonds. The summed E-state index contributed by atoms with van der Waals surface area (Å²) >= 11 is 5.60. The lowest BCUT2D eigenvalue weighted by atomic mass is 9.89. The fraction of sp³-hybridized carbons (Fsp3) is 0.455. The van der Waals surface area contributed by atoms with Gasteiger partial charge in [-0.2, -0.15) is 0 Å². The SMILES string of the molecule is CC(C)(C)[CH]Cc1cnc(Cl)c(O)c1. The number of hydrogen-bond acceptors (Lipinski definition) is 2. The van der Waals surface area contributed by atoms with Crippen LogP contribution >= 0.6 is 11.6 Å². The molecule has 77 valence electrons. The molecule has 0 spiro atoms. The first-order chi connectivity index (χ1) is 6.38. The maximum Gasteiger partial charge on any atom is 0.170 e. The van der Waals surface area contributed by atoms with Crippen molar-refractivity contribution in [2.75, 3.05) is 0 Å². The Labute approximate surface area is 89.9 Å². The molecule has 0 aliphatic rings. The number of halogens is 1. The molecule has 0 saturated heterocycles. The Balaban J connectivity index is 2.65.